The van der Waals surface area contributed by atoms with E-state index in [0.717, 1.165) is 20.7 Å². The molecule has 0 aliphatic heterocycles. The van der Waals surface area contributed by atoms with Gasteiger partial charge in [0.05, 0.1) is 0 Å². The molecular weight excluding hydrogens is 269 g/mol. The predicted molar refractivity (Wildman–Crippen MR) is 74.0 cm³/mol. The summed E-state index contributed by atoms with van der Waals surface area (Å²) in [4.78, 5) is 1.90. The lowest BCUT2D eigenvalue weighted by atomic mass is 10.2. The van der Waals surface area contributed by atoms with Crippen LogP contribution in [0, 0.1) is 0 Å². The van der Waals surface area contributed by atoms with Crippen LogP contribution in [-0.4, -0.2) is 23.3 Å². The molecule has 5 heteroatoms. The third-order valence-corrected chi connectivity index (χ3v) is 4.11. The number of halogens is 2. The fourth-order valence-electron chi connectivity index (χ4n) is 0.923. The predicted octanol–water partition coefficient (Wildman–Crippen LogP) is 4.07. The summed E-state index contributed by atoms with van der Waals surface area (Å²) in [6.45, 7) is 0. The quantitative estimate of drug-likeness (QED) is 0.752. The highest BCUT2D eigenvalue weighted by atomic mass is 35.5. The van der Waals surface area contributed by atoms with Crippen molar-refractivity contribution < 1.29 is 0 Å². The highest BCUT2D eigenvalue weighted by molar-refractivity contribution is 8.22. The lowest BCUT2D eigenvalue weighted by molar-refractivity contribution is 0.648. The van der Waals surface area contributed by atoms with E-state index in [0.29, 0.717) is 5.02 Å². The van der Waals surface area contributed by atoms with Gasteiger partial charge in [0.1, 0.15) is 4.32 Å². The number of hydrogen-bond acceptors (Lipinski definition) is 2. The maximum absolute atomic E-state index is 6.03. The van der Waals surface area contributed by atoms with Crippen molar-refractivity contribution in [3.05, 3.63) is 33.8 Å². The smallest absolute Gasteiger partial charge is 0.136 e. The van der Waals surface area contributed by atoms with E-state index in [2.05, 4.69) is 0 Å². The van der Waals surface area contributed by atoms with Crippen LogP contribution in [0.25, 0.3) is 0 Å². The van der Waals surface area contributed by atoms with Crippen LogP contribution in [0.4, 0.5) is 0 Å². The third-order valence-electron chi connectivity index (χ3n) is 1.72. The Morgan fingerprint density at radius 3 is 2.67 bits per heavy atom. The standard InChI is InChI=1S/C10H11Cl2NS2/c1-13(2)10(14)15-6-7-5-8(11)3-4-9(7)12/h3-5H,6H2,1-2H3. The minimum Gasteiger partial charge on any atom is -0.364 e. The van der Waals surface area contributed by atoms with E-state index in [-0.39, 0.29) is 0 Å². The second-order valence-electron chi connectivity index (χ2n) is 3.18. The lowest BCUT2D eigenvalue weighted by Crippen LogP contribution is -2.16. The lowest BCUT2D eigenvalue weighted by Gasteiger charge is -2.13. The van der Waals surface area contributed by atoms with E-state index < -0.39 is 0 Å². The molecule has 0 spiro atoms. The fourth-order valence-corrected chi connectivity index (χ4v) is 2.33. The monoisotopic (exact) mass is 279 g/mol. The summed E-state index contributed by atoms with van der Waals surface area (Å²) in [7, 11) is 3.85. The van der Waals surface area contributed by atoms with Crippen LogP contribution in [0.1, 0.15) is 5.56 Å². The van der Waals surface area contributed by atoms with Crippen molar-refractivity contribution in [2.45, 2.75) is 5.75 Å². The van der Waals surface area contributed by atoms with Gasteiger partial charge in [0.2, 0.25) is 0 Å². The van der Waals surface area contributed by atoms with Gasteiger partial charge >= 0.3 is 0 Å². The Morgan fingerprint density at radius 2 is 2.07 bits per heavy atom. The SMILES string of the molecule is CN(C)C(=S)SCc1cc(Cl)ccc1Cl. The largest absolute Gasteiger partial charge is 0.364 e. The van der Waals surface area contributed by atoms with E-state index in [9.17, 15) is 0 Å². The number of rotatable bonds is 2. The number of thiocarbonyl (C=S) groups is 1. The average Bonchev–Trinajstić information content (AvgIpc) is 2.18. The van der Waals surface area contributed by atoms with Crippen molar-refractivity contribution in [1.29, 1.82) is 0 Å². The van der Waals surface area contributed by atoms with E-state index in [1.54, 1.807) is 23.9 Å². The van der Waals surface area contributed by atoms with Gasteiger partial charge in [0.15, 0.2) is 0 Å². The van der Waals surface area contributed by atoms with Crippen LogP contribution in [0.5, 0.6) is 0 Å². The van der Waals surface area contributed by atoms with Gasteiger partial charge in [0.25, 0.3) is 0 Å². The molecule has 0 saturated carbocycles. The van der Waals surface area contributed by atoms with Gasteiger partial charge in [-0.3, -0.25) is 0 Å². The van der Waals surface area contributed by atoms with E-state index in [1.165, 1.54) is 0 Å². The van der Waals surface area contributed by atoms with Crippen LogP contribution in [0.3, 0.4) is 0 Å². The molecule has 0 saturated heterocycles. The molecular formula is C10H11Cl2NS2. The normalized spacial score (nSPS) is 10.1. The summed E-state index contributed by atoms with van der Waals surface area (Å²) in [6, 6.07) is 5.45. The van der Waals surface area contributed by atoms with Gasteiger partial charge in [-0.2, -0.15) is 0 Å². The first-order chi connectivity index (χ1) is 7.00. The summed E-state index contributed by atoms with van der Waals surface area (Å²) in [5.74, 6) is 0.746. The van der Waals surface area contributed by atoms with E-state index in [4.69, 9.17) is 35.4 Å². The van der Waals surface area contributed by atoms with Crippen molar-refractivity contribution >= 4 is 51.5 Å². The molecule has 1 aromatic rings. The first-order valence-corrected chi connectivity index (χ1v) is 6.43. The Bertz CT molecular complexity index is 366. The van der Waals surface area contributed by atoms with Crippen molar-refractivity contribution in [1.82, 2.24) is 4.90 Å². The number of hydrogen-bond donors (Lipinski definition) is 0. The Hall–Kier alpha value is 0.0400. The number of thioether (sulfide) groups is 1. The third kappa shape index (κ3) is 4.19. The first-order valence-electron chi connectivity index (χ1n) is 4.28. The van der Waals surface area contributed by atoms with Crippen LogP contribution >= 0.6 is 47.2 Å². The minimum absolute atomic E-state index is 0.700. The van der Waals surface area contributed by atoms with Crippen LogP contribution in [-0.2, 0) is 5.75 Å². The van der Waals surface area contributed by atoms with Gasteiger partial charge in [-0.1, -0.05) is 47.2 Å². The second kappa shape index (κ2) is 5.94. The molecule has 0 amide bonds. The summed E-state index contributed by atoms with van der Waals surface area (Å²) < 4.78 is 0.839. The number of benzene rings is 1. The molecule has 0 fully saturated rings. The zero-order chi connectivity index (χ0) is 11.4. The topological polar surface area (TPSA) is 3.24 Å². The van der Waals surface area contributed by atoms with E-state index >= 15 is 0 Å². The van der Waals surface area contributed by atoms with Crippen LogP contribution in [0.2, 0.25) is 10.0 Å². The molecule has 1 nitrogen and oxygen atoms in total. The Balaban J connectivity index is 2.65. The van der Waals surface area contributed by atoms with Crippen molar-refractivity contribution in [2.75, 3.05) is 14.1 Å². The van der Waals surface area contributed by atoms with Crippen molar-refractivity contribution in [3.63, 3.8) is 0 Å². The van der Waals surface area contributed by atoms with Gasteiger partial charge in [-0.15, -0.1) is 0 Å². The molecule has 0 heterocycles. The zero-order valence-electron chi connectivity index (χ0n) is 8.46. The average molecular weight is 280 g/mol. The van der Waals surface area contributed by atoms with Crippen LogP contribution < -0.4 is 0 Å². The second-order valence-corrected chi connectivity index (χ2v) is 5.64. The molecule has 0 N–H and O–H groups in total. The summed E-state index contributed by atoms with van der Waals surface area (Å²) >= 11 is 18.7. The van der Waals surface area contributed by atoms with Gasteiger partial charge in [-0.25, -0.2) is 0 Å². The summed E-state index contributed by atoms with van der Waals surface area (Å²) in [5.41, 5.74) is 1.01. The Labute approximate surface area is 110 Å². The highest BCUT2D eigenvalue weighted by Crippen LogP contribution is 2.25. The number of nitrogens with zero attached hydrogens (tertiary/aromatic N) is 1. The molecule has 0 aliphatic carbocycles. The molecule has 82 valence electrons. The molecule has 0 radical (unpaired) electrons. The van der Waals surface area contributed by atoms with E-state index in [1.807, 2.05) is 25.1 Å². The minimum atomic E-state index is 0.700. The van der Waals surface area contributed by atoms with Gasteiger partial charge < -0.3 is 4.90 Å². The zero-order valence-corrected chi connectivity index (χ0v) is 11.6. The molecule has 15 heavy (non-hydrogen) atoms. The van der Waals surface area contributed by atoms with Crippen molar-refractivity contribution in [2.24, 2.45) is 0 Å². The van der Waals surface area contributed by atoms with Crippen LogP contribution in [0.15, 0.2) is 18.2 Å². The molecule has 0 atom stereocenters. The molecule has 0 bridgehead atoms. The Morgan fingerprint density at radius 1 is 1.40 bits per heavy atom. The van der Waals surface area contributed by atoms with Crippen molar-refractivity contribution in [3.8, 4) is 0 Å². The molecule has 1 rings (SSSR count). The summed E-state index contributed by atoms with van der Waals surface area (Å²) in [6.07, 6.45) is 0. The van der Waals surface area contributed by atoms with Gasteiger partial charge in [0, 0.05) is 29.9 Å². The fraction of sp³-hybridized carbons (Fsp3) is 0.300. The maximum Gasteiger partial charge on any atom is 0.136 e. The molecule has 1 aromatic carbocycles. The van der Waals surface area contributed by atoms with Gasteiger partial charge in [-0.05, 0) is 23.8 Å². The molecule has 0 aliphatic rings. The highest BCUT2D eigenvalue weighted by Gasteiger charge is 2.05. The molecule has 0 unspecified atom stereocenters. The maximum atomic E-state index is 6.03. The summed E-state index contributed by atoms with van der Waals surface area (Å²) in [5, 5.41) is 1.43. The Kier molecular flexibility index (Phi) is 5.19. The molecule has 0 aromatic heterocycles. The first kappa shape index (κ1) is 13.1.